The molecule has 1 N–H and O–H groups in total. The highest BCUT2D eigenvalue weighted by Gasteiger charge is 2.21. The van der Waals surface area contributed by atoms with Crippen molar-refractivity contribution in [2.75, 3.05) is 5.32 Å². The average Bonchev–Trinajstić information content (AvgIpc) is 2.93. The molecule has 37 heavy (non-hydrogen) atoms. The molecule has 1 amide bonds. The van der Waals surface area contributed by atoms with E-state index in [9.17, 15) is 9.59 Å². The minimum Gasteiger partial charge on any atom is -0.322 e. The van der Waals surface area contributed by atoms with Gasteiger partial charge in [0.1, 0.15) is 0 Å². The number of nitrogens with one attached hydrogen (secondary N) is 1. The van der Waals surface area contributed by atoms with Crippen LogP contribution in [0, 0.1) is 24.3 Å². The molecule has 4 aromatic rings. The Labute approximate surface area is 216 Å². The minimum atomic E-state index is -0.140. The fourth-order valence-corrected chi connectivity index (χ4v) is 5.77. The van der Waals surface area contributed by atoms with E-state index in [-0.39, 0.29) is 11.7 Å². The van der Waals surface area contributed by atoms with Crippen LogP contribution in [0.4, 0.5) is 5.69 Å². The van der Waals surface area contributed by atoms with Gasteiger partial charge in [-0.3, -0.25) is 9.59 Å². The van der Waals surface area contributed by atoms with Gasteiger partial charge in [-0.1, -0.05) is 54.6 Å². The van der Waals surface area contributed by atoms with E-state index >= 15 is 0 Å². The Morgan fingerprint density at radius 1 is 0.730 bits per heavy atom. The third-order valence-electron chi connectivity index (χ3n) is 7.92. The molecule has 0 heterocycles. The van der Waals surface area contributed by atoms with E-state index in [0.29, 0.717) is 16.8 Å². The van der Waals surface area contributed by atoms with Gasteiger partial charge in [-0.25, -0.2) is 0 Å². The Kier molecular flexibility index (Phi) is 5.84. The second-order valence-electron chi connectivity index (χ2n) is 10.1. The van der Waals surface area contributed by atoms with E-state index in [1.165, 1.54) is 26.8 Å². The van der Waals surface area contributed by atoms with Gasteiger partial charge in [0.05, 0.1) is 0 Å². The molecule has 0 aliphatic heterocycles. The van der Waals surface area contributed by atoms with E-state index in [0.717, 1.165) is 47.6 Å². The zero-order chi connectivity index (χ0) is 25.5. The lowest BCUT2D eigenvalue weighted by atomic mass is 9.84. The van der Waals surface area contributed by atoms with E-state index in [1.54, 1.807) is 0 Å². The maximum absolute atomic E-state index is 13.6. The molecule has 0 spiro atoms. The largest absolute Gasteiger partial charge is 0.322 e. The maximum Gasteiger partial charge on any atom is 0.255 e. The van der Waals surface area contributed by atoms with Crippen LogP contribution >= 0.6 is 0 Å². The summed E-state index contributed by atoms with van der Waals surface area (Å²) in [6.07, 6.45) is 5.99. The van der Waals surface area contributed by atoms with Gasteiger partial charge < -0.3 is 5.32 Å². The van der Waals surface area contributed by atoms with Crippen LogP contribution in [0.2, 0.25) is 0 Å². The highest BCUT2D eigenvalue weighted by Crippen LogP contribution is 2.24. The summed E-state index contributed by atoms with van der Waals surface area (Å²) < 4.78 is 0. The molecule has 0 saturated carbocycles. The quantitative estimate of drug-likeness (QED) is 0.387. The first-order valence-electron chi connectivity index (χ1n) is 13.0. The molecule has 0 aromatic heterocycles. The van der Waals surface area contributed by atoms with Gasteiger partial charge >= 0.3 is 0 Å². The number of hydrogen-bond acceptors (Lipinski definition) is 2. The van der Waals surface area contributed by atoms with Gasteiger partial charge in [0.25, 0.3) is 5.91 Å². The van der Waals surface area contributed by atoms with Crippen molar-refractivity contribution in [2.45, 2.75) is 39.5 Å². The van der Waals surface area contributed by atoms with E-state index in [1.807, 2.05) is 56.3 Å². The zero-order valence-corrected chi connectivity index (χ0v) is 21.2. The average molecular weight is 484 g/mol. The Hall–Kier alpha value is -4.24. The SMILES string of the molecule is Cc1cccc(C(=O)Nc2ccc(C(=O)C3=c4ccc5c(c4CCC3)CC=c3ccccc3=5)cc2)c1C. The third kappa shape index (κ3) is 4.11. The summed E-state index contributed by atoms with van der Waals surface area (Å²) in [5.41, 5.74) is 7.65. The molecule has 0 unspecified atom stereocenters. The molecular weight excluding hydrogens is 454 g/mol. The molecule has 0 bridgehead atoms. The van der Waals surface area contributed by atoms with Crippen molar-refractivity contribution in [2.24, 2.45) is 0 Å². The first-order chi connectivity index (χ1) is 18.0. The van der Waals surface area contributed by atoms with E-state index in [2.05, 4.69) is 47.8 Å². The van der Waals surface area contributed by atoms with Crippen molar-refractivity contribution in [3.63, 3.8) is 0 Å². The second-order valence-corrected chi connectivity index (χ2v) is 10.1. The normalized spacial score (nSPS) is 13.6. The van der Waals surface area contributed by atoms with Crippen LogP contribution in [0.15, 0.2) is 78.9 Å². The second kappa shape index (κ2) is 9.33. The smallest absolute Gasteiger partial charge is 0.255 e. The molecule has 3 nitrogen and oxygen atoms in total. The van der Waals surface area contributed by atoms with Crippen molar-refractivity contribution >= 4 is 29.0 Å². The van der Waals surface area contributed by atoms with Gasteiger partial charge in [0.2, 0.25) is 0 Å². The number of ketones is 1. The predicted molar refractivity (Wildman–Crippen MR) is 149 cm³/mol. The number of carbonyl (C=O) groups is 2. The van der Waals surface area contributed by atoms with Gasteiger partial charge in [-0.2, -0.15) is 0 Å². The molecule has 0 radical (unpaired) electrons. The fraction of sp³-hybridized carbons (Fsp3) is 0.176. The number of carbonyl (C=O) groups excluding carboxylic acids is 2. The number of Topliss-reactive ketones (excluding diaryl/α,β-unsaturated/α-hetero) is 1. The maximum atomic E-state index is 13.6. The zero-order valence-electron chi connectivity index (χ0n) is 21.2. The third-order valence-corrected chi connectivity index (χ3v) is 7.92. The number of benzene rings is 4. The summed E-state index contributed by atoms with van der Waals surface area (Å²) in [6.45, 7) is 3.96. The van der Waals surface area contributed by atoms with Crippen LogP contribution < -0.4 is 15.8 Å². The fourth-order valence-electron chi connectivity index (χ4n) is 5.77. The Balaban J connectivity index is 1.33. The van der Waals surface area contributed by atoms with Crippen LogP contribution in [-0.2, 0) is 12.8 Å². The minimum absolute atomic E-state index is 0.0773. The Morgan fingerprint density at radius 3 is 2.35 bits per heavy atom. The van der Waals surface area contributed by atoms with Crippen LogP contribution in [-0.4, -0.2) is 11.7 Å². The van der Waals surface area contributed by atoms with Crippen LogP contribution in [0.5, 0.6) is 0 Å². The molecule has 2 aliphatic carbocycles. The van der Waals surface area contributed by atoms with Crippen LogP contribution in [0.25, 0.3) is 11.6 Å². The highest BCUT2D eigenvalue weighted by molar-refractivity contribution is 6.24. The first kappa shape index (κ1) is 23.2. The number of rotatable bonds is 4. The van der Waals surface area contributed by atoms with Gasteiger partial charge in [-0.05, 0) is 113 Å². The number of hydrogen-bond donors (Lipinski definition) is 1. The summed E-state index contributed by atoms with van der Waals surface area (Å²) in [7, 11) is 0. The summed E-state index contributed by atoms with van der Waals surface area (Å²) in [6, 6.07) is 25.9. The number of amides is 1. The molecule has 182 valence electrons. The topological polar surface area (TPSA) is 46.2 Å². The van der Waals surface area contributed by atoms with Crippen LogP contribution in [0.1, 0.15) is 55.8 Å². The number of aryl methyl sites for hydroxylation is 1. The van der Waals surface area contributed by atoms with Gasteiger partial charge in [0.15, 0.2) is 5.78 Å². The molecule has 3 heteroatoms. The van der Waals surface area contributed by atoms with E-state index in [4.69, 9.17) is 0 Å². The molecule has 2 aliphatic rings. The lowest BCUT2D eigenvalue weighted by Gasteiger charge is -2.20. The molecule has 0 fully saturated rings. The first-order valence-corrected chi connectivity index (χ1v) is 13.0. The van der Waals surface area contributed by atoms with E-state index < -0.39 is 0 Å². The van der Waals surface area contributed by atoms with Crippen molar-refractivity contribution in [1.82, 2.24) is 0 Å². The molecule has 0 atom stereocenters. The lowest BCUT2D eigenvalue weighted by molar-refractivity contribution is 0.102. The van der Waals surface area contributed by atoms with Crippen molar-refractivity contribution in [1.29, 1.82) is 0 Å². The standard InChI is InChI=1S/C34H29NO2/c1-21-7-5-10-26(22(21)2)34(37)35-25-16-13-24(14-17-25)33(36)32-12-6-11-28-30-18-15-23-8-3-4-9-27(23)29(30)19-20-31(28)32/h3-5,7-10,13-17,19-20H,6,11-12,18H2,1-2H3,(H,35,37). The summed E-state index contributed by atoms with van der Waals surface area (Å²) >= 11 is 0. The predicted octanol–water partition coefficient (Wildman–Crippen LogP) is 5.55. The summed E-state index contributed by atoms with van der Waals surface area (Å²) in [5, 5.41) is 7.95. The van der Waals surface area contributed by atoms with Gasteiger partial charge in [-0.15, -0.1) is 0 Å². The van der Waals surface area contributed by atoms with Gasteiger partial charge in [0, 0.05) is 22.4 Å². The van der Waals surface area contributed by atoms with Crippen molar-refractivity contribution in [3.05, 3.63) is 133 Å². The summed E-state index contributed by atoms with van der Waals surface area (Å²) in [4.78, 5) is 26.4. The highest BCUT2D eigenvalue weighted by atomic mass is 16.1. The lowest BCUT2D eigenvalue weighted by Crippen LogP contribution is -2.25. The molecule has 0 saturated heterocycles. The Morgan fingerprint density at radius 2 is 1.51 bits per heavy atom. The van der Waals surface area contributed by atoms with Crippen LogP contribution in [0.3, 0.4) is 0 Å². The summed E-state index contributed by atoms with van der Waals surface area (Å²) in [5.74, 6) is -0.0625. The molecule has 6 rings (SSSR count). The van der Waals surface area contributed by atoms with Crippen molar-refractivity contribution < 1.29 is 9.59 Å². The monoisotopic (exact) mass is 483 g/mol. The number of fused-ring (bicyclic) bond motifs is 4. The van der Waals surface area contributed by atoms with Crippen molar-refractivity contribution in [3.8, 4) is 0 Å². The number of anilines is 1. The Bertz CT molecular complexity index is 1800. The molecule has 4 aromatic carbocycles. The molecular formula is C34H29NO2.